The predicted octanol–water partition coefficient (Wildman–Crippen LogP) is 3.23. The van der Waals surface area contributed by atoms with E-state index >= 15 is 0 Å². The number of nitrogen functional groups attached to an aromatic ring is 1. The number of para-hydroxylation sites is 1. The third kappa shape index (κ3) is 2.91. The van der Waals surface area contributed by atoms with Crippen molar-refractivity contribution >= 4 is 11.5 Å². The Bertz CT molecular complexity index is 602. The maximum Gasteiger partial charge on any atom is 0.248 e. The molecule has 1 fully saturated rings. The zero-order valence-corrected chi connectivity index (χ0v) is 12.2. The van der Waals surface area contributed by atoms with Crippen molar-refractivity contribution in [3.63, 3.8) is 0 Å². The zero-order valence-electron chi connectivity index (χ0n) is 12.2. The number of hydrogen-bond donors (Lipinski definition) is 1. The van der Waals surface area contributed by atoms with Crippen LogP contribution in [0.1, 0.15) is 26.2 Å². The molecule has 0 radical (unpaired) electrons. The Balaban J connectivity index is 1.88. The summed E-state index contributed by atoms with van der Waals surface area (Å²) < 4.78 is 5.77. The lowest BCUT2D eigenvalue weighted by Gasteiger charge is -2.35. The lowest BCUT2D eigenvalue weighted by atomic mass is 10.0. The molecule has 1 aromatic heterocycles. The van der Waals surface area contributed by atoms with Crippen LogP contribution in [-0.2, 0) is 0 Å². The molecule has 21 heavy (non-hydrogen) atoms. The fourth-order valence-electron chi connectivity index (χ4n) is 2.69. The van der Waals surface area contributed by atoms with Gasteiger partial charge in [-0.3, -0.25) is 0 Å². The molecule has 110 valence electrons. The highest BCUT2D eigenvalue weighted by molar-refractivity contribution is 5.68. The van der Waals surface area contributed by atoms with Crippen molar-refractivity contribution < 1.29 is 4.74 Å². The third-order valence-electron chi connectivity index (χ3n) is 3.86. The second kappa shape index (κ2) is 5.99. The van der Waals surface area contributed by atoms with Crippen LogP contribution < -0.4 is 15.4 Å². The van der Waals surface area contributed by atoms with Gasteiger partial charge in [-0.15, -0.1) is 0 Å². The average molecular weight is 284 g/mol. The molecule has 0 bridgehead atoms. The van der Waals surface area contributed by atoms with Crippen molar-refractivity contribution in [2.24, 2.45) is 0 Å². The molecule has 0 amide bonds. The Morgan fingerprint density at radius 2 is 2.00 bits per heavy atom. The second-order valence-corrected chi connectivity index (χ2v) is 5.37. The lowest BCUT2D eigenvalue weighted by Crippen LogP contribution is -2.38. The molecule has 1 aromatic carbocycles. The maximum absolute atomic E-state index is 6.23. The van der Waals surface area contributed by atoms with E-state index in [9.17, 15) is 0 Å². The Labute approximate surface area is 124 Å². The van der Waals surface area contributed by atoms with Crippen molar-refractivity contribution in [3.8, 4) is 11.6 Å². The fraction of sp³-hybridized carbons (Fsp3) is 0.375. The van der Waals surface area contributed by atoms with E-state index in [0.29, 0.717) is 17.6 Å². The van der Waals surface area contributed by atoms with Gasteiger partial charge in [0.25, 0.3) is 0 Å². The van der Waals surface area contributed by atoms with E-state index in [1.54, 1.807) is 0 Å². The van der Waals surface area contributed by atoms with Crippen LogP contribution in [0.5, 0.6) is 11.6 Å². The first-order valence-corrected chi connectivity index (χ1v) is 7.35. The van der Waals surface area contributed by atoms with Crippen LogP contribution in [-0.4, -0.2) is 22.6 Å². The molecule has 0 aliphatic carbocycles. The highest BCUT2D eigenvalue weighted by Crippen LogP contribution is 2.34. The number of piperidine rings is 1. The van der Waals surface area contributed by atoms with E-state index in [4.69, 9.17) is 10.5 Å². The molecule has 5 heteroatoms. The van der Waals surface area contributed by atoms with Gasteiger partial charge in [0.1, 0.15) is 17.8 Å². The number of ether oxygens (including phenoxy) is 1. The van der Waals surface area contributed by atoms with Gasteiger partial charge in [-0.05, 0) is 38.3 Å². The monoisotopic (exact) mass is 284 g/mol. The zero-order chi connectivity index (χ0) is 14.7. The van der Waals surface area contributed by atoms with Gasteiger partial charge in [0.2, 0.25) is 5.88 Å². The van der Waals surface area contributed by atoms with E-state index in [1.165, 1.54) is 19.2 Å². The molecule has 0 saturated carbocycles. The molecule has 1 unspecified atom stereocenters. The first kappa shape index (κ1) is 13.7. The van der Waals surface area contributed by atoms with Crippen molar-refractivity contribution in [3.05, 3.63) is 36.7 Å². The molecule has 1 aliphatic rings. The summed E-state index contributed by atoms with van der Waals surface area (Å²) in [5.41, 5.74) is 6.74. The molecule has 1 saturated heterocycles. The highest BCUT2D eigenvalue weighted by atomic mass is 16.5. The number of nitrogens with two attached hydrogens (primary N) is 1. The number of nitrogens with zero attached hydrogens (tertiary/aromatic N) is 3. The third-order valence-corrected chi connectivity index (χ3v) is 3.86. The molecule has 1 atom stereocenters. The molecule has 3 rings (SSSR count). The van der Waals surface area contributed by atoms with Crippen molar-refractivity contribution in [1.29, 1.82) is 0 Å². The molecule has 5 nitrogen and oxygen atoms in total. The molecule has 2 aromatic rings. The Hall–Kier alpha value is -2.30. The summed E-state index contributed by atoms with van der Waals surface area (Å²) in [7, 11) is 0. The van der Waals surface area contributed by atoms with Crippen molar-refractivity contribution in [1.82, 2.24) is 9.97 Å². The smallest absolute Gasteiger partial charge is 0.248 e. The van der Waals surface area contributed by atoms with E-state index in [2.05, 4.69) is 21.8 Å². The van der Waals surface area contributed by atoms with Crippen LogP contribution in [0.25, 0.3) is 0 Å². The average Bonchev–Trinajstić information content (AvgIpc) is 2.51. The number of benzene rings is 1. The molecular weight excluding hydrogens is 264 g/mol. The van der Waals surface area contributed by atoms with Gasteiger partial charge in [-0.1, -0.05) is 18.2 Å². The van der Waals surface area contributed by atoms with E-state index in [-0.39, 0.29) is 0 Å². The van der Waals surface area contributed by atoms with Gasteiger partial charge in [-0.2, -0.15) is 4.98 Å². The molecule has 1 aliphatic heterocycles. The molecule has 0 spiro atoms. The summed E-state index contributed by atoms with van der Waals surface area (Å²) in [6, 6.07) is 9.98. The minimum absolute atomic E-state index is 0.420. The van der Waals surface area contributed by atoms with Crippen LogP contribution in [0.15, 0.2) is 36.7 Å². The molecule has 2 heterocycles. The minimum Gasteiger partial charge on any atom is -0.437 e. The van der Waals surface area contributed by atoms with Crippen LogP contribution in [0, 0.1) is 0 Å². The lowest BCUT2D eigenvalue weighted by molar-refractivity contribution is 0.458. The quantitative estimate of drug-likeness (QED) is 0.937. The van der Waals surface area contributed by atoms with Crippen LogP contribution >= 0.6 is 0 Å². The summed E-state index contributed by atoms with van der Waals surface area (Å²) in [5, 5.41) is 0. The highest BCUT2D eigenvalue weighted by Gasteiger charge is 2.23. The summed E-state index contributed by atoms with van der Waals surface area (Å²) in [5.74, 6) is 1.92. The summed E-state index contributed by atoms with van der Waals surface area (Å²) >= 11 is 0. The van der Waals surface area contributed by atoms with Crippen molar-refractivity contribution in [2.75, 3.05) is 17.2 Å². The topological polar surface area (TPSA) is 64.3 Å². The van der Waals surface area contributed by atoms with E-state index < -0.39 is 0 Å². The number of anilines is 2. The van der Waals surface area contributed by atoms with Crippen molar-refractivity contribution in [2.45, 2.75) is 32.2 Å². The van der Waals surface area contributed by atoms with Gasteiger partial charge in [0, 0.05) is 12.6 Å². The van der Waals surface area contributed by atoms with Crippen LogP contribution in [0.4, 0.5) is 11.5 Å². The second-order valence-electron chi connectivity index (χ2n) is 5.37. The Morgan fingerprint density at radius 1 is 1.19 bits per heavy atom. The Morgan fingerprint density at radius 3 is 2.76 bits per heavy atom. The number of hydrogen-bond acceptors (Lipinski definition) is 5. The normalized spacial score (nSPS) is 18.5. The van der Waals surface area contributed by atoms with Gasteiger partial charge in [0.15, 0.2) is 5.82 Å². The van der Waals surface area contributed by atoms with Gasteiger partial charge in [-0.25, -0.2) is 4.98 Å². The predicted molar refractivity (Wildman–Crippen MR) is 83.6 cm³/mol. The standard InChI is InChI=1S/C16H20N4O/c1-12-7-5-6-10-20(12)15-14(17)16(19-11-18-15)21-13-8-3-2-4-9-13/h2-4,8-9,11-12H,5-7,10,17H2,1H3. The molecular formula is C16H20N4O. The van der Waals surface area contributed by atoms with E-state index in [0.717, 1.165) is 24.5 Å². The van der Waals surface area contributed by atoms with Gasteiger partial charge in [0.05, 0.1) is 0 Å². The van der Waals surface area contributed by atoms with E-state index in [1.807, 2.05) is 30.3 Å². The number of aromatic nitrogens is 2. The fourth-order valence-corrected chi connectivity index (χ4v) is 2.69. The van der Waals surface area contributed by atoms with Gasteiger partial charge < -0.3 is 15.4 Å². The van der Waals surface area contributed by atoms with Crippen LogP contribution in [0.2, 0.25) is 0 Å². The summed E-state index contributed by atoms with van der Waals surface area (Å²) in [6.45, 7) is 3.19. The van der Waals surface area contributed by atoms with Gasteiger partial charge >= 0.3 is 0 Å². The first-order valence-electron chi connectivity index (χ1n) is 7.35. The SMILES string of the molecule is CC1CCCCN1c1ncnc(Oc2ccccc2)c1N. The maximum atomic E-state index is 6.23. The number of rotatable bonds is 3. The minimum atomic E-state index is 0.420. The molecule has 2 N–H and O–H groups in total. The largest absolute Gasteiger partial charge is 0.437 e. The first-order chi connectivity index (χ1) is 10.3. The Kier molecular flexibility index (Phi) is 3.90. The van der Waals surface area contributed by atoms with Crippen LogP contribution in [0.3, 0.4) is 0 Å². The summed E-state index contributed by atoms with van der Waals surface area (Å²) in [4.78, 5) is 10.8. The summed E-state index contributed by atoms with van der Waals surface area (Å²) in [6.07, 6.45) is 5.11.